The molecule has 1 atom stereocenters. The van der Waals surface area contributed by atoms with Crippen LogP contribution in [0.4, 0.5) is 0 Å². The molecule has 0 fully saturated rings. The SMILES string of the molecule is O=P1(NCc2cn(Cc3ccccc3)nn2)Oc2ccccc2-c2ccccc21. The first-order valence-electron chi connectivity index (χ1n) is 9.38. The van der Waals surface area contributed by atoms with E-state index in [9.17, 15) is 4.57 Å². The molecule has 4 aromatic rings. The summed E-state index contributed by atoms with van der Waals surface area (Å²) < 4.78 is 21.4. The van der Waals surface area contributed by atoms with Crippen molar-refractivity contribution in [1.29, 1.82) is 0 Å². The Hall–Kier alpha value is -3.21. The molecule has 3 aromatic carbocycles. The van der Waals surface area contributed by atoms with Gasteiger partial charge in [0.15, 0.2) is 0 Å². The van der Waals surface area contributed by atoms with Crippen LogP contribution in [0, 0.1) is 0 Å². The molecule has 1 aliphatic rings. The maximum absolute atomic E-state index is 13.7. The molecule has 1 aromatic heterocycles. The number of aromatic nitrogens is 3. The summed E-state index contributed by atoms with van der Waals surface area (Å²) in [7, 11) is -3.29. The summed E-state index contributed by atoms with van der Waals surface area (Å²) in [6.07, 6.45) is 1.86. The maximum atomic E-state index is 13.7. The Bertz CT molecular complexity index is 1210. The van der Waals surface area contributed by atoms with Crippen LogP contribution in [0.15, 0.2) is 85.1 Å². The average Bonchev–Trinajstić information content (AvgIpc) is 3.21. The van der Waals surface area contributed by atoms with Gasteiger partial charge in [0.2, 0.25) is 0 Å². The summed E-state index contributed by atoms with van der Waals surface area (Å²) in [5, 5.41) is 12.2. The van der Waals surface area contributed by atoms with Gasteiger partial charge in [-0.2, -0.15) is 0 Å². The molecular weight excluding hydrogens is 383 g/mol. The standard InChI is InChI=1S/C22H19N4O2P/c27-29(22-13-7-5-11-20(22)19-10-4-6-12-21(19)28-29)23-14-18-16-26(25-24-18)15-17-8-2-1-3-9-17/h1-13,16H,14-15H2,(H,23,27). The van der Waals surface area contributed by atoms with Crippen LogP contribution in [0.25, 0.3) is 11.1 Å². The minimum atomic E-state index is -3.29. The van der Waals surface area contributed by atoms with Crippen molar-refractivity contribution in [3.8, 4) is 16.9 Å². The Morgan fingerprint density at radius 1 is 0.897 bits per heavy atom. The Morgan fingerprint density at radius 3 is 2.48 bits per heavy atom. The zero-order chi connectivity index (χ0) is 19.7. The third-order valence-electron chi connectivity index (χ3n) is 4.87. The number of fused-ring (bicyclic) bond motifs is 3. The molecule has 29 heavy (non-hydrogen) atoms. The third-order valence-corrected chi connectivity index (χ3v) is 6.92. The van der Waals surface area contributed by atoms with Gasteiger partial charge in [0.25, 0.3) is 0 Å². The van der Waals surface area contributed by atoms with E-state index in [0.717, 1.165) is 16.7 Å². The topological polar surface area (TPSA) is 69.0 Å². The predicted molar refractivity (Wildman–Crippen MR) is 112 cm³/mol. The highest BCUT2D eigenvalue weighted by Gasteiger charge is 2.35. The Labute approximate surface area is 168 Å². The summed E-state index contributed by atoms with van der Waals surface area (Å²) in [5.74, 6) is 0.620. The molecule has 0 saturated carbocycles. The third kappa shape index (κ3) is 3.48. The Kier molecular flexibility index (Phi) is 4.51. The first-order chi connectivity index (χ1) is 14.2. The van der Waals surface area contributed by atoms with E-state index in [1.807, 2.05) is 85.1 Å². The van der Waals surface area contributed by atoms with Gasteiger partial charge < -0.3 is 4.52 Å². The molecular formula is C22H19N4O2P. The van der Waals surface area contributed by atoms with Crippen LogP contribution in [0.1, 0.15) is 11.3 Å². The van der Waals surface area contributed by atoms with Crippen LogP contribution >= 0.6 is 7.52 Å². The van der Waals surface area contributed by atoms with Gasteiger partial charge in [-0.05, 0) is 17.7 Å². The van der Waals surface area contributed by atoms with Crippen molar-refractivity contribution in [2.24, 2.45) is 0 Å². The van der Waals surface area contributed by atoms with Crippen LogP contribution in [0.2, 0.25) is 0 Å². The highest BCUT2D eigenvalue weighted by molar-refractivity contribution is 7.65. The van der Waals surface area contributed by atoms with E-state index in [1.54, 1.807) is 4.68 Å². The average molecular weight is 402 g/mol. The van der Waals surface area contributed by atoms with Crippen LogP contribution in [0.5, 0.6) is 5.75 Å². The van der Waals surface area contributed by atoms with Crippen molar-refractivity contribution in [2.75, 3.05) is 0 Å². The van der Waals surface area contributed by atoms with Gasteiger partial charge in [0, 0.05) is 11.1 Å². The van der Waals surface area contributed by atoms with E-state index in [1.165, 1.54) is 0 Å². The minimum absolute atomic E-state index is 0.294. The van der Waals surface area contributed by atoms with E-state index < -0.39 is 7.52 Å². The number of hydrogen-bond acceptors (Lipinski definition) is 4. The highest BCUT2D eigenvalue weighted by atomic mass is 31.2. The van der Waals surface area contributed by atoms with E-state index in [-0.39, 0.29) is 0 Å². The molecule has 1 N–H and O–H groups in total. The molecule has 0 bridgehead atoms. The fourth-order valence-electron chi connectivity index (χ4n) is 3.48. The van der Waals surface area contributed by atoms with E-state index >= 15 is 0 Å². The van der Waals surface area contributed by atoms with Crippen LogP contribution in [-0.2, 0) is 17.7 Å². The van der Waals surface area contributed by atoms with Gasteiger partial charge in [-0.1, -0.05) is 71.9 Å². The lowest BCUT2D eigenvalue weighted by Crippen LogP contribution is -2.27. The first kappa shape index (κ1) is 17.9. The van der Waals surface area contributed by atoms with Crippen molar-refractivity contribution in [1.82, 2.24) is 20.1 Å². The molecule has 0 amide bonds. The van der Waals surface area contributed by atoms with Crippen molar-refractivity contribution < 1.29 is 9.09 Å². The summed E-state index contributed by atoms with van der Waals surface area (Å²) in [6.45, 7) is 0.931. The lowest BCUT2D eigenvalue weighted by molar-refractivity contribution is 0.476. The van der Waals surface area contributed by atoms with Crippen LogP contribution < -0.4 is 14.9 Å². The second-order valence-electron chi connectivity index (χ2n) is 6.88. The van der Waals surface area contributed by atoms with Gasteiger partial charge in [-0.25, -0.2) is 9.77 Å². The van der Waals surface area contributed by atoms with Crippen molar-refractivity contribution >= 4 is 12.8 Å². The van der Waals surface area contributed by atoms with Gasteiger partial charge in [-0.3, -0.25) is 4.57 Å². The molecule has 0 radical (unpaired) electrons. The number of nitrogens with one attached hydrogen (secondary N) is 1. The number of hydrogen-bond donors (Lipinski definition) is 1. The molecule has 144 valence electrons. The molecule has 0 spiro atoms. The number of rotatable bonds is 5. The van der Waals surface area contributed by atoms with E-state index in [2.05, 4.69) is 15.4 Å². The summed E-state index contributed by atoms with van der Waals surface area (Å²) in [6, 6.07) is 25.4. The number of nitrogens with zero attached hydrogens (tertiary/aromatic N) is 3. The fourth-order valence-corrected chi connectivity index (χ4v) is 5.42. The molecule has 0 aliphatic carbocycles. The normalized spacial score (nSPS) is 17.2. The largest absolute Gasteiger partial charge is 0.429 e. The first-order valence-corrected chi connectivity index (χ1v) is 11.0. The maximum Gasteiger partial charge on any atom is 0.347 e. The molecule has 1 aliphatic heterocycles. The van der Waals surface area contributed by atoms with E-state index in [4.69, 9.17) is 4.52 Å². The zero-order valence-corrected chi connectivity index (χ0v) is 16.5. The molecule has 2 heterocycles. The fraction of sp³-hybridized carbons (Fsp3) is 0.0909. The predicted octanol–water partition coefficient (Wildman–Crippen LogP) is 3.99. The molecule has 5 rings (SSSR count). The Morgan fingerprint density at radius 2 is 1.62 bits per heavy atom. The smallest absolute Gasteiger partial charge is 0.347 e. The van der Waals surface area contributed by atoms with Crippen molar-refractivity contribution in [3.63, 3.8) is 0 Å². The van der Waals surface area contributed by atoms with Gasteiger partial charge >= 0.3 is 7.52 Å². The van der Waals surface area contributed by atoms with Crippen molar-refractivity contribution in [2.45, 2.75) is 13.1 Å². The van der Waals surface area contributed by atoms with Gasteiger partial charge in [-0.15, -0.1) is 5.10 Å². The lowest BCUT2D eigenvalue weighted by Gasteiger charge is -2.28. The molecule has 7 heteroatoms. The van der Waals surface area contributed by atoms with Crippen LogP contribution in [-0.4, -0.2) is 15.0 Å². The van der Waals surface area contributed by atoms with Crippen LogP contribution in [0.3, 0.4) is 0 Å². The molecule has 0 saturated heterocycles. The van der Waals surface area contributed by atoms with Gasteiger partial charge in [0.1, 0.15) is 5.75 Å². The second kappa shape index (κ2) is 7.32. The summed E-state index contributed by atoms with van der Waals surface area (Å²) in [5.41, 5.74) is 3.73. The summed E-state index contributed by atoms with van der Waals surface area (Å²) >= 11 is 0. The highest BCUT2D eigenvalue weighted by Crippen LogP contribution is 2.51. The number of benzene rings is 3. The summed E-state index contributed by atoms with van der Waals surface area (Å²) in [4.78, 5) is 0. The van der Waals surface area contributed by atoms with E-state index in [0.29, 0.717) is 29.8 Å². The zero-order valence-electron chi connectivity index (χ0n) is 15.6. The second-order valence-corrected chi connectivity index (χ2v) is 8.97. The quantitative estimate of drug-likeness (QED) is 0.511. The monoisotopic (exact) mass is 402 g/mol. The lowest BCUT2D eigenvalue weighted by atomic mass is 10.0. The van der Waals surface area contributed by atoms with Gasteiger partial charge in [0.05, 0.1) is 30.3 Å². The Balaban J connectivity index is 1.37. The molecule has 6 nitrogen and oxygen atoms in total. The number of para-hydroxylation sites is 1. The van der Waals surface area contributed by atoms with Crippen molar-refractivity contribution in [3.05, 3.63) is 96.3 Å². The molecule has 1 unspecified atom stereocenters. The minimum Gasteiger partial charge on any atom is -0.429 e.